The van der Waals surface area contributed by atoms with Gasteiger partial charge in [-0.2, -0.15) is 0 Å². The minimum Gasteiger partial charge on any atom is -0.395 e. The van der Waals surface area contributed by atoms with Crippen LogP contribution in [0.25, 0.3) is 0 Å². The van der Waals surface area contributed by atoms with Crippen LogP contribution in [0.4, 0.5) is 9.18 Å². The van der Waals surface area contributed by atoms with Crippen LogP contribution >= 0.6 is 0 Å². The van der Waals surface area contributed by atoms with E-state index in [1.807, 2.05) is 0 Å². The van der Waals surface area contributed by atoms with Gasteiger partial charge in [-0.3, -0.25) is 0 Å². The molecule has 0 unspecified atom stereocenters. The summed E-state index contributed by atoms with van der Waals surface area (Å²) in [6, 6.07) is 6.35. The molecule has 1 aliphatic carbocycles. The summed E-state index contributed by atoms with van der Waals surface area (Å²) in [5.74, 6) is -0.278. The maximum Gasteiger partial charge on any atom is 0.317 e. The molecule has 1 saturated carbocycles. The van der Waals surface area contributed by atoms with Crippen molar-refractivity contribution in [3.05, 3.63) is 35.6 Å². The second-order valence-electron chi connectivity index (χ2n) is 5.34. The van der Waals surface area contributed by atoms with Crippen molar-refractivity contribution in [2.45, 2.75) is 31.2 Å². The topological polar surface area (TPSA) is 52.6 Å². The zero-order valence-electron chi connectivity index (χ0n) is 11.7. The molecule has 20 heavy (non-hydrogen) atoms. The molecule has 1 aromatic carbocycles. The Hall–Kier alpha value is -1.62. The van der Waals surface area contributed by atoms with Gasteiger partial charge in [0, 0.05) is 19.2 Å². The summed E-state index contributed by atoms with van der Waals surface area (Å²) in [6.07, 6.45) is 3.43. The number of nitrogens with one attached hydrogen (secondary N) is 1. The zero-order valence-corrected chi connectivity index (χ0v) is 11.7. The van der Waals surface area contributed by atoms with Gasteiger partial charge in [-0.25, -0.2) is 9.18 Å². The van der Waals surface area contributed by atoms with E-state index in [2.05, 4.69) is 5.32 Å². The van der Waals surface area contributed by atoms with Crippen LogP contribution in [0.3, 0.4) is 0 Å². The third kappa shape index (κ3) is 2.93. The van der Waals surface area contributed by atoms with Crippen LogP contribution in [0.1, 0.15) is 31.2 Å². The van der Waals surface area contributed by atoms with E-state index in [-0.39, 0.29) is 25.0 Å². The Bertz CT molecular complexity index is 473. The van der Waals surface area contributed by atoms with E-state index in [4.69, 9.17) is 5.11 Å². The van der Waals surface area contributed by atoms with Crippen molar-refractivity contribution in [3.63, 3.8) is 0 Å². The number of amides is 2. The Morgan fingerprint density at radius 3 is 2.65 bits per heavy atom. The van der Waals surface area contributed by atoms with Crippen LogP contribution in [0.15, 0.2) is 24.3 Å². The summed E-state index contributed by atoms with van der Waals surface area (Å²) in [5.41, 5.74) is -0.0603. The highest BCUT2D eigenvalue weighted by Crippen LogP contribution is 2.39. The lowest BCUT2D eigenvalue weighted by Crippen LogP contribution is -2.50. The van der Waals surface area contributed by atoms with Gasteiger partial charge in [0.15, 0.2) is 0 Å². The van der Waals surface area contributed by atoms with Gasteiger partial charge in [-0.15, -0.1) is 0 Å². The number of carbonyl (C=O) groups excluding carboxylic acids is 1. The van der Waals surface area contributed by atoms with E-state index in [1.165, 1.54) is 11.0 Å². The maximum absolute atomic E-state index is 14.1. The standard InChI is InChI=1S/C15H21FN2O2/c1-18(10-11-19)14(20)17-15(8-4-5-9-15)12-6-2-3-7-13(12)16/h2-3,6-7,19H,4-5,8-11H2,1H3,(H,17,20). The van der Waals surface area contributed by atoms with Crippen molar-refractivity contribution in [2.75, 3.05) is 20.2 Å². The quantitative estimate of drug-likeness (QED) is 0.888. The Kier molecular flexibility index (Phi) is 4.60. The van der Waals surface area contributed by atoms with Gasteiger partial charge in [-0.1, -0.05) is 31.0 Å². The van der Waals surface area contributed by atoms with Crippen molar-refractivity contribution in [1.29, 1.82) is 0 Å². The molecular formula is C15H21FN2O2. The molecule has 2 N–H and O–H groups in total. The number of halogens is 1. The van der Waals surface area contributed by atoms with Crippen LogP contribution in [-0.2, 0) is 5.54 Å². The Morgan fingerprint density at radius 2 is 2.05 bits per heavy atom. The third-order valence-electron chi connectivity index (χ3n) is 3.97. The van der Waals surface area contributed by atoms with Gasteiger partial charge >= 0.3 is 6.03 Å². The summed E-state index contributed by atoms with van der Waals surface area (Å²) in [7, 11) is 1.62. The predicted molar refractivity (Wildman–Crippen MR) is 74.8 cm³/mol. The summed E-state index contributed by atoms with van der Waals surface area (Å²) >= 11 is 0. The van der Waals surface area contributed by atoms with Gasteiger partial charge in [0.25, 0.3) is 0 Å². The Balaban J connectivity index is 2.23. The fourth-order valence-corrected chi connectivity index (χ4v) is 2.84. The first kappa shape index (κ1) is 14.8. The number of carbonyl (C=O) groups is 1. The lowest BCUT2D eigenvalue weighted by molar-refractivity contribution is 0.176. The molecule has 0 aliphatic heterocycles. The van der Waals surface area contributed by atoms with Crippen LogP contribution in [-0.4, -0.2) is 36.2 Å². The van der Waals surface area contributed by atoms with E-state index in [0.29, 0.717) is 5.56 Å². The van der Waals surface area contributed by atoms with E-state index in [9.17, 15) is 9.18 Å². The summed E-state index contributed by atoms with van der Waals surface area (Å²) < 4.78 is 14.1. The molecule has 0 aromatic heterocycles. The fraction of sp³-hybridized carbons (Fsp3) is 0.533. The monoisotopic (exact) mass is 280 g/mol. The minimum absolute atomic E-state index is 0.0867. The van der Waals surface area contributed by atoms with Gasteiger partial charge in [0.2, 0.25) is 0 Å². The molecule has 1 aromatic rings. The van der Waals surface area contributed by atoms with Crippen molar-refractivity contribution >= 4 is 6.03 Å². The predicted octanol–water partition coefficient (Wildman–Crippen LogP) is 2.23. The number of hydrogen-bond acceptors (Lipinski definition) is 2. The van der Waals surface area contributed by atoms with E-state index < -0.39 is 5.54 Å². The number of likely N-dealkylation sites (N-methyl/N-ethyl adjacent to an activating group) is 1. The summed E-state index contributed by atoms with van der Waals surface area (Å²) in [6.45, 7) is 0.176. The molecule has 4 nitrogen and oxygen atoms in total. The van der Waals surface area contributed by atoms with Crippen molar-refractivity contribution in [2.24, 2.45) is 0 Å². The third-order valence-corrected chi connectivity index (χ3v) is 3.97. The first-order chi connectivity index (χ1) is 9.59. The van der Waals surface area contributed by atoms with Crippen molar-refractivity contribution < 1.29 is 14.3 Å². The molecule has 0 bridgehead atoms. The summed E-state index contributed by atoms with van der Waals surface area (Å²) in [4.78, 5) is 13.6. The van der Waals surface area contributed by atoms with E-state index >= 15 is 0 Å². The highest BCUT2D eigenvalue weighted by atomic mass is 19.1. The molecule has 0 spiro atoms. The molecule has 0 heterocycles. The van der Waals surface area contributed by atoms with Crippen LogP contribution in [0.2, 0.25) is 0 Å². The molecule has 2 rings (SSSR count). The molecule has 2 amide bonds. The second-order valence-corrected chi connectivity index (χ2v) is 5.34. The van der Waals surface area contributed by atoms with Crippen LogP contribution in [0, 0.1) is 5.82 Å². The van der Waals surface area contributed by atoms with Crippen molar-refractivity contribution in [1.82, 2.24) is 10.2 Å². The largest absolute Gasteiger partial charge is 0.395 e. The van der Waals surface area contributed by atoms with Gasteiger partial charge in [-0.05, 0) is 18.9 Å². The number of aliphatic hydroxyl groups is 1. The van der Waals surface area contributed by atoms with Gasteiger partial charge in [0.1, 0.15) is 5.82 Å². The van der Waals surface area contributed by atoms with Crippen LogP contribution in [0.5, 0.6) is 0 Å². The van der Waals surface area contributed by atoms with Crippen LogP contribution < -0.4 is 5.32 Å². The van der Waals surface area contributed by atoms with Gasteiger partial charge in [0.05, 0.1) is 12.1 Å². The number of benzene rings is 1. The number of hydrogen-bond donors (Lipinski definition) is 2. The Labute approximate surface area is 118 Å². The normalized spacial score (nSPS) is 16.9. The van der Waals surface area contributed by atoms with E-state index in [0.717, 1.165) is 25.7 Å². The smallest absolute Gasteiger partial charge is 0.317 e. The van der Waals surface area contributed by atoms with Crippen molar-refractivity contribution in [3.8, 4) is 0 Å². The molecule has 110 valence electrons. The highest BCUT2D eigenvalue weighted by Gasteiger charge is 2.39. The SMILES string of the molecule is CN(CCO)C(=O)NC1(c2ccccc2F)CCCC1. The Morgan fingerprint density at radius 1 is 1.40 bits per heavy atom. The first-order valence-corrected chi connectivity index (χ1v) is 6.98. The molecule has 0 atom stereocenters. The molecule has 1 fully saturated rings. The first-order valence-electron chi connectivity index (χ1n) is 6.98. The zero-order chi connectivity index (χ0) is 14.6. The average molecular weight is 280 g/mol. The number of urea groups is 1. The second kappa shape index (κ2) is 6.22. The highest BCUT2D eigenvalue weighted by molar-refractivity contribution is 5.75. The average Bonchev–Trinajstić information content (AvgIpc) is 2.89. The summed E-state index contributed by atoms with van der Waals surface area (Å²) in [5, 5.41) is 11.9. The minimum atomic E-state index is -0.619. The van der Waals surface area contributed by atoms with Gasteiger partial charge < -0.3 is 15.3 Å². The lowest BCUT2D eigenvalue weighted by Gasteiger charge is -2.33. The number of aliphatic hydroxyl groups excluding tert-OH is 1. The molecule has 0 saturated heterocycles. The molecule has 1 aliphatic rings. The molecule has 5 heteroatoms. The molecule has 0 radical (unpaired) electrons. The fourth-order valence-electron chi connectivity index (χ4n) is 2.84. The number of nitrogens with zero attached hydrogens (tertiary/aromatic N) is 1. The number of rotatable bonds is 4. The van der Waals surface area contributed by atoms with E-state index in [1.54, 1.807) is 25.2 Å². The molecular weight excluding hydrogens is 259 g/mol. The maximum atomic E-state index is 14.1. The lowest BCUT2D eigenvalue weighted by atomic mass is 9.88.